The zero-order chi connectivity index (χ0) is 16.8. The van der Waals surface area contributed by atoms with Crippen molar-refractivity contribution in [2.75, 3.05) is 20.2 Å². The molecule has 1 N–H and O–H groups in total. The number of rotatable bonds is 6. The number of ether oxygens (including phenoxy) is 2. The summed E-state index contributed by atoms with van der Waals surface area (Å²) in [5.74, 6) is -0.387. The highest BCUT2D eigenvalue weighted by Crippen LogP contribution is 2.18. The van der Waals surface area contributed by atoms with Crippen molar-refractivity contribution >= 4 is 5.97 Å². The van der Waals surface area contributed by atoms with Crippen LogP contribution in [-0.2, 0) is 22.6 Å². The number of aromatic amines is 1. The highest BCUT2D eigenvalue weighted by atomic mass is 16.5. The molecule has 0 aliphatic carbocycles. The Morgan fingerprint density at radius 3 is 3.17 bits per heavy atom. The van der Waals surface area contributed by atoms with Crippen molar-refractivity contribution in [2.45, 2.75) is 32.1 Å². The van der Waals surface area contributed by atoms with Gasteiger partial charge in [-0.15, -0.1) is 0 Å². The van der Waals surface area contributed by atoms with E-state index in [0.29, 0.717) is 18.8 Å². The Labute approximate surface area is 141 Å². The number of piperidine rings is 1. The van der Waals surface area contributed by atoms with E-state index in [1.54, 1.807) is 12.4 Å². The minimum Gasteiger partial charge on any atom is -0.464 e. The number of hydrogen-bond acceptors (Lipinski definition) is 6. The van der Waals surface area contributed by atoms with Gasteiger partial charge in [0.2, 0.25) is 0 Å². The van der Waals surface area contributed by atoms with Gasteiger partial charge in [-0.2, -0.15) is 5.10 Å². The van der Waals surface area contributed by atoms with Crippen molar-refractivity contribution in [3.8, 4) is 0 Å². The second-order valence-corrected chi connectivity index (χ2v) is 5.89. The summed E-state index contributed by atoms with van der Waals surface area (Å²) in [6.45, 7) is 3.00. The van der Waals surface area contributed by atoms with E-state index in [1.807, 2.05) is 18.2 Å². The van der Waals surface area contributed by atoms with E-state index in [4.69, 9.17) is 9.47 Å². The van der Waals surface area contributed by atoms with E-state index < -0.39 is 0 Å². The van der Waals surface area contributed by atoms with Crippen LogP contribution in [0.2, 0.25) is 0 Å². The first-order valence-electron chi connectivity index (χ1n) is 8.10. The predicted molar refractivity (Wildman–Crippen MR) is 87.3 cm³/mol. The smallest absolute Gasteiger partial charge is 0.356 e. The summed E-state index contributed by atoms with van der Waals surface area (Å²) < 4.78 is 10.8. The van der Waals surface area contributed by atoms with Crippen molar-refractivity contribution in [3.63, 3.8) is 0 Å². The molecule has 7 heteroatoms. The summed E-state index contributed by atoms with van der Waals surface area (Å²) in [5, 5.41) is 6.67. The Bertz CT molecular complexity index is 659. The standard InChI is InChI=1S/C17H22N4O3/c1-23-17(22)16-13(9-19-20-16)10-21-8-4-6-15(11-21)24-12-14-5-2-3-7-18-14/h2-3,5,7,9,15H,4,6,8,10-12H2,1H3,(H,19,20). The summed E-state index contributed by atoms with van der Waals surface area (Å²) >= 11 is 0. The van der Waals surface area contributed by atoms with Crippen LogP contribution in [0.1, 0.15) is 34.6 Å². The molecular formula is C17H22N4O3. The summed E-state index contributed by atoms with van der Waals surface area (Å²) in [7, 11) is 1.37. The van der Waals surface area contributed by atoms with Crippen LogP contribution in [0.4, 0.5) is 0 Å². The second kappa shape index (κ2) is 8.03. The Kier molecular flexibility index (Phi) is 5.55. The fourth-order valence-corrected chi connectivity index (χ4v) is 2.93. The summed E-state index contributed by atoms with van der Waals surface area (Å²) in [5.41, 5.74) is 2.22. The van der Waals surface area contributed by atoms with Crippen molar-refractivity contribution in [1.82, 2.24) is 20.1 Å². The Morgan fingerprint density at radius 1 is 1.46 bits per heavy atom. The maximum absolute atomic E-state index is 11.7. The van der Waals surface area contributed by atoms with Crippen molar-refractivity contribution in [3.05, 3.63) is 47.5 Å². The molecule has 1 aliphatic heterocycles. The molecule has 24 heavy (non-hydrogen) atoms. The molecule has 0 bridgehead atoms. The van der Waals surface area contributed by atoms with E-state index >= 15 is 0 Å². The van der Waals surface area contributed by atoms with Gasteiger partial charge in [0.25, 0.3) is 0 Å². The Balaban J connectivity index is 1.54. The lowest BCUT2D eigenvalue weighted by Crippen LogP contribution is -2.39. The first-order chi connectivity index (χ1) is 11.8. The third-order valence-electron chi connectivity index (χ3n) is 4.16. The monoisotopic (exact) mass is 330 g/mol. The molecule has 0 spiro atoms. The van der Waals surface area contributed by atoms with Crippen molar-refractivity contribution in [1.29, 1.82) is 0 Å². The SMILES string of the molecule is COC(=O)c1[nH]ncc1CN1CCCC(OCc2ccccn2)C1. The van der Waals surface area contributed by atoms with Crippen LogP contribution in [0.15, 0.2) is 30.6 Å². The molecule has 128 valence electrons. The Morgan fingerprint density at radius 2 is 2.38 bits per heavy atom. The molecule has 1 aliphatic rings. The number of H-pyrrole nitrogens is 1. The van der Waals surface area contributed by atoms with E-state index in [0.717, 1.165) is 37.2 Å². The third-order valence-corrected chi connectivity index (χ3v) is 4.16. The van der Waals surface area contributed by atoms with Crippen LogP contribution < -0.4 is 0 Å². The lowest BCUT2D eigenvalue weighted by molar-refractivity contribution is -0.0133. The topological polar surface area (TPSA) is 80.3 Å². The second-order valence-electron chi connectivity index (χ2n) is 5.89. The highest BCUT2D eigenvalue weighted by molar-refractivity contribution is 5.88. The van der Waals surface area contributed by atoms with Gasteiger partial charge in [0, 0.05) is 24.8 Å². The number of hydrogen-bond donors (Lipinski definition) is 1. The number of pyridine rings is 1. The van der Waals surface area contributed by atoms with Gasteiger partial charge in [0.1, 0.15) is 5.69 Å². The highest BCUT2D eigenvalue weighted by Gasteiger charge is 2.23. The van der Waals surface area contributed by atoms with Crippen LogP contribution in [0.3, 0.4) is 0 Å². The summed E-state index contributed by atoms with van der Waals surface area (Å²) in [6, 6.07) is 5.83. The quantitative estimate of drug-likeness (QED) is 0.813. The van der Waals surface area contributed by atoms with Crippen LogP contribution in [-0.4, -0.2) is 52.4 Å². The number of methoxy groups -OCH3 is 1. The minimum atomic E-state index is -0.387. The molecule has 7 nitrogen and oxygen atoms in total. The number of esters is 1. The zero-order valence-corrected chi connectivity index (χ0v) is 13.8. The molecule has 1 unspecified atom stereocenters. The van der Waals surface area contributed by atoms with Crippen molar-refractivity contribution in [2.24, 2.45) is 0 Å². The molecule has 3 rings (SSSR count). The third kappa shape index (κ3) is 4.18. The van der Waals surface area contributed by atoms with Gasteiger partial charge in [-0.05, 0) is 31.5 Å². The largest absolute Gasteiger partial charge is 0.464 e. The van der Waals surface area contributed by atoms with Gasteiger partial charge in [-0.3, -0.25) is 15.0 Å². The molecule has 1 atom stereocenters. The summed E-state index contributed by atoms with van der Waals surface area (Å²) in [4.78, 5) is 18.3. The van der Waals surface area contributed by atoms with Gasteiger partial charge >= 0.3 is 5.97 Å². The lowest BCUT2D eigenvalue weighted by Gasteiger charge is -2.32. The fraction of sp³-hybridized carbons (Fsp3) is 0.471. The molecular weight excluding hydrogens is 308 g/mol. The maximum atomic E-state index is 11.7. The van der Waals surface area contributed by atoms with E-state index in [-0.39, 0.29) is 12.1 Å². The van der Waals surface area contributed by atoms with Gasteiger partial charge in [0.15, 0.2) is 0 Å². The van der Waals surface area contributed by atoms with E-state index in [1.165, 1.54) is 7.11 Å². The van der Waals surface area contributed by atoms with Crippen LogP contribution in [0.25, 0.3) is 0 Å². The molecule has 0 saturated carbocycles. The average molecular weight is 330 g/mol. The molecule has 0 amide bonds. The normalized spacial score (nSPS) is 18.5. The van der Waals surface area contributed by atoms with Gasteiger partial charge < -0.3 is 9.47 Å². The van der Waals surface area contributed by atoms with Crippen LogP contribution >= 0.6 is 0 Å². The van der Waals surface area contributed by atoms with Gasteiger partial charge in [-0.1, -0.05) is 6.07 Å². The minimum absolute atomic E-state index is 0.175. The fourth-order valence-electron chi connectivity index (χ4n) is 2.93. The van der Waals surface area contributed by atoms with E-state index in [2.05, 4.69) is 20.1 Å². The summed E-state index contributed by atoms with van der Waals surface area (Å²) in [6.07, 6.45) is 5.75. The number of likely N-dealkylation sites (tertiary alicyclic amines) is 1. The number of carbonyl (C=O) groups excluding carboxylic acids is 1. The lowest BCUT2D eigenvalue weighted by atomic mass is 10.1. The van der Waals surface area contributed by atoms with Gasteiger partial charge in [0.05, 0.1) is 31.7 Å². The number of carbonyl (C=O) groups is 1. The first kappa shape index (κ1) is 16.6. The number of nitrogens with one attached hydrogen (secondary N) is 1. The van der Waals surface area contributed by atoms with Crippen LogP contribution in [0, 0.1) is 0 Å². The van der Waals surface area contributed by atoms with Gasteiger partial charge in [-0.25, -0.2) is 4.79 Å². The predicted octanol–water partition coefficient (Wildman–Crippen LogP) is 1.77. The first-order valence-corrected chi connectivity index (χ1v) is 8.10. The Hall–Kier alpha value is -2.25. The van der Waals surface area contributed by atoms with E-state index in [9.17, 15) is 4.79 Å². The zero-order valence-electron chi connectivity index (χ0n) is 13.8. The molecule has 0 radical (unpaired) electrons. The number of nitrogens with zero attached hydrogens (tertiary/aromatic N) is 3. The average Bonchev–Trinajstić information content (AvgIpc) is 3.08. The number of aromatic nitrogens is 3. The molecule has 1 fully saturated rings. The molecule has 2 aromatic rings. The molecule has 0 aromatic carbocycles. The molecule has 2 aromatic heterocycles. The van der Waals surface area contributed by atoms with Crippen molar-refractivity contribution < 1.29 is 14.3 Å². The molecule has 3 heterocycles. The molecule has 1 saturated heterocycles. The van der Waals surface area contributed by atoms with Crippen LogP contribution in [0.5, 0.6) is 0 Å². The maximum Gasteiger partial charge on any atom is 0.356 e.